The largest absolute Gasteiger partial charge is 0.339 e. The third-order valence-electron chi connectivity index (χ3n) is 5.39. The lowest BCUT2D eigenvalue weighted by Crippen LogP contribution is -2.45. The molecule has 0 aromatic heterocycles. The van der Waals surface area contributed by atoms with E-state index in [-0.39, 0.29) is 5.91 Å². The molecule has 1 aromatic rings. The van der Waals surface area contributed by atoms with Crippen LogP contribution in [0.25, 0.3) is 0 Å². The highest BCUT2D eigenvalue weighted by Gasteiger charge is 2.28. The Bertz CT molecular complexity index is 526. The van der Waals surface area contributed by atoms with Gasteiger partial charge in [-0.25, -0.2) is 0 Å². The smallest absolute Gasteiger partial charge is 0.253 e. The molecule has 0 radical (unpaired) electrons. The minimum Gasteiger partial charge on any atom is -0.339 e. The maximum Gasteiger partial charge on any atom is 0.253 e. The van der Waals surface area contributed by atoms with Crippen molar-refractivity contribution < 1.29 is 4.79 Å². The van der Waals surface area contributed by atoms with Crippen molar-refractivity contribution >= 4 is 5.91 Å². The molecule has 2 fully saturated rings. The molecule has 3 heteroatoms. The zero-order valence-electron chi connectivity index (χ0n) is 14.0. The number of benzene rings is 1. The highest BCUT2D eigenvalue weighted by atomic mass is 16.2. The fourth-order valence-corrected chi connectivity index (χ4v) is 3.91. The third kappa shape index (κ3) is 3.19. The molecule has 120 valence electrons. The van der Waals surface area contributed by atoms with Gasteiger partial charge in [-0.1, -0.05) is 13.0 Å². The minimum atomic E-state index is 0.217. The second kappa shape index (κ2) is 6.82. The van der Waals surface area contributed by atoms with Gasteiger partial charge >= 0.3 is 0 Å². The van der Waals surface area contributed by atoms with Crippen molar-refractivity contribution in [3.8, 4) is 0 Å². The van der Waals surface area contributed by atoms with E-state index in [1.165, 1.54) is 37.1 Å². The zero-order chi connectivity index (χ0) is 15.5. The van der Waals surface area contributed by atoms with Crippen LogP contribution in [0.4, 0.5) is 0 Å². The number of hydrogen-bond donors (Lipinski definition) is 0. The monoisotopic (exact) mass is 300 g/mol. The molecule has 1 aromatic carbocycles. The van der Waals surface area contributed by atoms with E-state index >= 15 is 0 Å². The molecule has 1 amide bonds. The van der Waals surface area contributed by atoms with Crippen LogP contribution >= 0.6 is 0 Å². The predicted octanol–water partition coefficient (Wildman–Crippen LogP) is 3.26. The van der Waals surface area contributed by atoms with Crippen molar-refractivity contribution in [1.29, 1.82) is 0 Å². The molecule has 2 saturated heterocycles. The normalized spacial score (nSPS) is 20.5. The van der Waals surface area contributed by atoms with Crippen molar-refractivity contribution in [1.82, 2.24) is 9.80 Å². The summed E-state index contributed by atoms with van der Waals surface area (Å²) in [5.41, 5.74) is 3.44. The van der Waals surface area contributed by atoms with Gasteiger partial charge < -0.3 is 9.80 Å². The Morgan fingerprint density at radius 3 is 2.45 bits per heavy atom. The zero-order valence-corrected chi connectivity index (χ0v) is 14.0. The van der Waals surface area contributed by atoms with Gasteiger partial charge in [0.15, 0.2) is 0 Å². The highest BCUT2D eigenvalue weighted by Crippen LogP contribution is 2.22. The standard InChI is InChI=1S/C19H28N2O/c1-3-16-14-17(7-6-15(16)2)19(22)21-12-8-18(9-13-21)20-10-4-5-11-20/h6-7,14,18H,3-5,8-13H2,1-2H3. The van der Waals surface area contributed by atoms with Gasteiger partial charge in [-0.3, -0.25) is 4.79 Å². The van der Waals surface area contributed by atoms with Gasteiger partial charge in [0, 0.05) is 24.7 Å². The molecule has 0 bridgehead atoms. The lowest BCUT2D eigenvalue weighted by Gasteiger charge is -2.36. The molecule has 0 N–H and O–H groups in total. The second-order valence-electron chi connectivity index (χ2n) is 6.76. The Labute approximate surface area is 134 Å². The lowest BCUT2D eigenvalue weighted by molar-refractivity contribution is 0.0644. The molecule has 2 heterocycles. The average Bonchev–Trinajstić information content (AvgIpc) is 3.09. The Balaban J connectivity index is 1.62. The van der Waals surface area contributed by atoms with E-state index in [2.05, 4.69) is 35.8 Å². The topological polar surface area (TPSA) is 23.6 Å². The molecule has 0 spiro atoms. The number of carbonyl (C=O) groups is 1. The number of rotatable bonds is 3. The number of carbonyl (C=O) groups excluding carboxylic acids is 1. The summed E-state index contributed by atoms with van der Waals surface area (Å²) >= 11 is 0. The van der Waals surface area contributed by atoms with E-state index in [1.54, 1.807) is 0 Å². The third-order valence-corrected chi connectivity index (χ3v) is 5.39. The number of amides is 1. The lowest BCUT2D eigenvalue weighted by atomic mass is 10.00. The molecule has 2 aliphatic rings. The first kappa shape index (κ1) is 15.5. The van der Waals surface area contributed by atoms with Gasteiger partial charge in [0.05, 0.1) is 0 Å². The summed E-state index contributed by atoms with van der Waals surface area (Å²) in [6, 6.07) is 6.87. The molecule has 0 atom stereocenters. The van der Waals surface area contributed by atoms with Gasteiger partial charge in [0.1, 0.15) is 0 Å². The van der Waals surface area contributed by atoms with Gasteiger partial charge in [0.25, 0.3) is 5.91 Å². The summed E-state index contributed by atoms with van der Waals surface area (Å²) in [7, 11) is 0. The number of nitrogens with zero attached hydrogens (tertiary/aromatic N) is 2. The molecule has 22 heavy (non-hydrogen) atoms. The van der Waals surface area contributed by atoms with Gasteiger partial charge in [-0.15, -0.1) is 0 Å². The van der Waals surface area contributed by atoms with E-state index in [0.717, 1.165) is 37.9 Å². The molecule has 2 aliphatic heterocycles. The van der Waals surface area contributed by atoms with Crippen LogP contribution in [-0.4, -0.2) is 47.9 Å². The Hall–Kier alpha value is -1.35. The SMILES string of the molecule is CCc1cc(C(=O)N2CCC(N3CCCC3)CC2)ccc1C. The summed E-state index contributed by atoms with van der Waals surface area (Å²) in [6.07, 6.45) is 5.96. The van der Waals surface area contributed by atoms with Crippen LogP contribution in [0.15, 0.2) is 18.2 Å². The fourth-order valence-electron chi connectivity index (χ4n) is 3.91. The summed E-state index contributed by atoms with van der Waals surface area (Å²) in [5, 5.41) is 0. The first-order chi connectivity index (χ1) is 10.7. The summed E-state index contributed by atoms with van der Waals surface area (Å²) in [6.45, 7) is 8.62. The number of piperidine rings is 1. The van der Waals surface area contributed by atoms with E-state index in [9.17, 15) is 4.79 Å². The molecule has 0 saturated carbocycles. The maximum atomic E-state index is 12.7. The van der Waals surface area contributed by atoms with E-state index in [1.807, 2.05) is 6.07 Å². The highest BCUT2D eigenvalue weighted by molar-refractivity contribution is 5.94. The maximum absolute atomic E-state index is 12.7. The Morgan fingerprint density at radius 1 is 1.14 bits per heavy atom. The van der Waals surface area contributed by atoms with Gasteiger partial charge in [-0.2, -0.15) is 0 Å². The van der Waals surface area contributed by atoms with E-state index < -0.39 is 0 Å². The Kier molecular flexibility index (Phi) is 4.82. The summed E-state index contributed by atoms with van der Waals surface area (Å²) in [5.74, 6) is 0.217. The van der Waals surface area contributed by atoms with Crippen LogP contribution in [0.1, 0.15) is 54.1 Å². The molecular weight excluding hydrogens is 272 g/mol. The van der Waals surface area contributed by atoms with E-state index in [4.69, 9.17) is 0 Å². The molecule has 0 unspecified atom stereocenters. The molecule has 0 aliphatic carbocycles. The fraction of sp³-hybridized carbons (Fsp3) is 0.632. The minimum absolute atomic E-state index is 0.217. The molecular formula is C19H28N2O. The van der Waals surface area contributed by atoms with Crippen molar-refractivity contribution in [3.63, 3.8) is 0 Å². The summed E-state index contributed by atoms with van der Waals surface area (Å²) < 4.78 is 0. The van der Waals surface area contributed by atoms with Crippen LogP contribution in [0.5, 0.6) is 0 Å². The van der Waals surface area contributed by atoms with Crippen LogP contribution < -0.4 is 0 Å². The van der Waals surface area contributed by atoms with Crippen LogP contribution in [-0.2, 0) is 6.42 Å². The number of aryl methyl sites for hydroxylation is 2. The van der Waals surface area contributed by atoms with Crippen molar-refractivity contribution in [3.05, 3.63) is 34.9 Å². The quantitative estimate of drug-likeness (QED) is 0.855. The van der Waals surface area contributed by atoms with Gasteiger partial charge in [0.2, 0.25) is 0 Å². The van der Waals surface area contributed by atoms with Crippen LogP contribution in [0.2, 0.25) is 0 Å². The molecule has 3 rings (SSSR count). The number of likely N-dealkylation sites (tertiary alicyclic amines) is 2. The predicted molar refractivity (Wildman–Crippen MR) is 90.3 cm³/mol. The Morgan fingerprint density at radius 2 is 1.82 bits per heavy atom. The molecule has 3 nitrogen and oxygen atoms in total. The van der Waals surface area contributed by atoms with Crippen LogP contribution in [0.3, 0.4) is 0 Å². The van der Waals surface area contributed by atoms with Gasteiger partial charge in [-0.05, 0) is 75.4 Å². The average molecular weight is 300 g/mol. The van der Waals surface area contributed by atoms with Crippen LogP contribution in [0, 0.1) is 6.92 Å². The number of hydrogen-bond acceptors (Lipinski definition) is 2. The second-order valence-corrected chi connectivity index (χ2v) is 6.76. The first-order valence-electron chi connectivity index (χ1n) is 8.82. The van der Waals surface area contributed by atoms with Crippen molar-refractivity contribution in [2.75, 3.05) is 26.2 Å². The van der Waals surface area contributed by atoms with Crippen molar-refractivity contribution in [2.45, 2.75) is 52.0 Å². The van der Waals surface area contributed by atoms with E-state index in [0.29, 0.717) is 6.04 Å². The first-order valence-corrected chi connectivity index (χ1v) is 8.82. The summed E-state index contributed by atoms with van der Waals surface area (Å²) in [4.78, 5) is 17.4. The van der Waals surface area contributed by atoms with Crippen molar-refractivity contribution in [2.24, 2.45) is 0 Å².